The van der Waals surface area contributed by atoms with Gasteiger partial charge in [-0.15, -0.1) is 0 Å². The van der Waals surface area contributed by atoms with Gasteiger partial charge in [-0.3, -0.25) is 9.59 Å². The summed E-state index contributed by atoms with van der Waals surface area (Å²) in [5, 5.41) is 5.40. The van der Waals surface area contributed by atoms with E-state index in [1.165, 1.54) is 24.8 Å². The minimum absolute atomic E-state index is 0.105. The molecule has 5 heteroatoms. The lowest BCUT2D eigenvalue weighted by Gasteiger charge is -2.25. The second kappa shape index (κ2) is 5.87. The van der Waals surface area contributed by atoms with E-state index in [1.54, 1.807) is 0 Å². The lowest BCUT2D eigenvalue weighted by atomic mass is 9.80. The van der Waals surface area contributed by atoms with Gasteiger partial charge in [-0.1, -0.05) is 42.4 Å². The number of hydrogen-bond acceptors (Lipinski definition) is 3. The molecule has 0 aromatic heterocycles. The molecule has 4 nitrogen and oxygen atoms in total. The normalized spacial score (nSPS) is 22.2. The minimum Gasteiger partial charge on any atom is -0.350 e. The number of amides is 2. The van der Waals surface area contributed by atoms with Crippen LogP contribution < -0.4 is 10.6 Å². The molecule has 2 fully saturated rings. The van der Waals surface area contributed by atoms with Crippen LogP contribution in [0, 0.1) is 0 Å². The van der Waals surface area contributed by atoms with Crippen molar-refractivity contribution >= 4 is 22.9 Å². The Bertz CT molecular complexity index is 511. The van der Waals surface area contributed by atoms with Crippen LogP contribution >= 0.6 is 11.8 Å². The van der Waals surface area contributed by atoms with Gasteiger partial charge >= 0.3 is 0 Å². The van der Waals surface area contributed by atoms with Crippen molar-refractivity contribution in [1.29, 1.82) is 0 Å². The van der Waals surface area contributed by atoms with Gasteiger partial charge in [-0.25, -0.2) is 0 Å². The predicted molar refractivity (Wildman–Crippen MR) is 79.7 cm³/mol. The number of hydrogen-bond donors (Lipinski definition) is 2. The molecule has 1 aliphatic heterocycles. The highest BCUT2D eigenvalue weighted by atomic mass is 32.2. The van der Waals surface area contributed by atoms with Crippen LogP contribution in [0.1, 0.15) is 36.3 Å². The largest absolute Gasteiger partial charge is 0.350 e. The summed E-state index contributed by atoms with van der Waals surface area (Å²) >= 11 is 1.16. The SMILES string of the molecule is O=C1N[C@H](C(=O)NCc2ccc(C3CCC3)cc2)CS1. The smallest absolute Gasteiger partial charge is 0.279 e. The molecule has 2 amide bonds. The Morgan fingerprint density at radius 3 is 2.60 bits per heavy atom. The van der Waals surface area contributed by atoms with Crippen LogP contribution in [-0.2, 0) is 11.3 Å². The van der Waals surface area contributed by atoms with Crippen molar-refractivity contribution in [3.63, 3.8) is 0 Å². The fourth-order valence-electron chi connectivity index (χ4n) is 2.49. The van der Waals surface area contributed by atoms with E-state index in [0.29, 0.717) is 12.3 Å². The van der Waals surface area contributed by atoms with Gasteiger partial charge in [0.05, 0.1) is 0 Å². The van der Waals surface area contributed by atoms with Crippen molar-refractivity contribution in [2.45, 2.75) is 37.8 Å². The molecular formula is C15H18N2O2S. The first kappa shape index (κ1) is 13.5. The van der Waals surface area contributed by atoms with Gasteiger partial charge in [0.1, 0.15) is 6.04 Å². The third-order valence-electron chi connectivity index (χ3n) is 4.01. The quantitative estimate of drug-likeness (QED) is 0.895. The van der Waals surface area contributed by atoms with Crippen LogP contribution in [0.4, 0.5) is 4.79 Å². The zero-order valence-corrected chi connectivity index (χ0v) is 12.0. The summed E-state index contributed by atoms with van der Waals surface area (Å²) < 4.78 is 0. The minimum atomic E-state index is -0.387. The number of nitrogens with one attached hydrogen (secondary N) is 2. The van der Waals surface area contributed by atoms with E-state index in [1.807, 2.05) is 0 Å². The van der Waals surface area contributed by atoms with Crippen molar-refractivity contribution in [1.82, 2.24) is 10.6 Å². The Kier molecular flexibility index (Phi) is 3.96. The van der Waals surface area contributed by atoms with Gasteiger partial charge in [-0.05, 0) is 29.9 Å². The average molecular weight is 290 g/mol. The average Bonchev–Trinajstić information content (AvgIpc) is 2.82. The van der Waals surface area contributed by atoms with E-state index in [-0.39, 0.29) is 17.2 Å². The summed E-state index contributed by atoms with van der Waals surface area (Å²) in [7, 11) is 0. The lowest BCUT2D eigenvalue weighted by Crippen LogP contribution is -2.42. The molecule has 1 atom stereocenters. The summed E-state index contributed by atoms with van der Waals surface area (Å²) in [5.41, 5.74) is 2.50. The zero-order chi connectivity index (χ0) is 13.9. The molecule has 1 heterocycles. The summed E-state index contributed by atoms with van der Waals surface area (Å²) in [5.74, 6) is 1.15. The molecule has 1 saturated heterocycles. The number of carbonyl (C=O) groups is 2. The molecule has 20 heavy (non-hydrogen) atoms. The summed E-state index contributed by atoms with van der Waals surface area (Å²) in [4.78, 5) is 22.9. The summed E-state index contributed by atoms with van der Waals surface area (Å²) in [6.07, 6.45) is 3.94. The molecule has 1 aromatic carbocycles. The van der Waals surface area contributed by atoms with Crippen LogP contribution in [0.5, 0.6) is 0 Å². The van der Waals surface area contributed by atoms with Gasteiger partial charge in [-0.2, -0.15) is 0 Å². The summed E-state index contributed by atoms with van der Waals surface area (Å²) in [6.45, 7) is 0.515. The van der Waals surface area contributed by atoms with Gasteiger partial charge in [0.15, 0.2) is 0 Å². The van der Waals surface area contributed by atoms with Gasteiger partial charge in [0, 0.05) is 12.3 Å². The standard InChI is InChI=1S/C15H18N2O2S/c18-14(13-9-20-15(19)17-13)16-8-10-4-6-12(7-5-10)11-2-1-3-11/h4-7,11,13H,1-3,8-9H2,(H,16,18)(H,17,19)/t13-/m0/s1. The Labute approximate surface area is 122 Å². The van der Waals surface area contributed by atoms with Crippen LogP contribution in [0.15, 0.2) is 24.3 Å². The number of rotatable bonds is 4. The van der Waals surface area contributed by atoms with Crippen molar-refractivity contribution in [3.8, 4) is 0 Å². The fourth-order valence-corrected chi connectivity index (χ4v) is 3.27. The highest BCUT2D eigenvalue weighted by Gasteiger charge is 2.27. The van der Waals surface area contributed by atoms with Crippen molar-refractivity contribution in [2.24, 2.45) is 0 Å². The maximum absolute atomic E-state index is 11.9. The highest BCUT2D eigenvalue weighted by Crippen LogP contribution is 2.36. The third-order valence-corrected chi connectivity index (χ3v) is 4.89. The van der Waals surface area contributed by atoms with Crippen LogP contribution in [-0.4, -0.2) is 22.9 Å². The van der Waals surface area contributed by atoms with Gasteiger partial charge < -0.3 is 10.6 Å². The Morgan fingerprint density at radius 1 is 1.30 bits per heavy atom. The predicted octanol–water partition coefficient (Wildman–Crippen LogP) is 2.40. The molecule has 1 saturated carbocycles. The van der Waals surface area contributed by atoms with E-state index >= 15 is 0 Å². The van der Waals surface area contributed by atoms with Crippen LogP contribution in [0.25, 0.3) is 0 Å². The van der Waals surface area contributed by atoms with Crippen molar-refractivity contribution in [3.05, 3.63) is 35.4 Å². The molecule has 2 aliphatic rings. The molecule has 0 spiro atoms. The summed E-state index contributed by atoms with van der Waals surface area (Å²) in [6, 6.07) is 8.10. The monoisotopic (exact) mass is 290 g/mol. The topological polar surface area (TPSA) is 58.2 Å². The van der Waals surface area contributed by atoms with E-state index in [4.69, 9.17) is 0 Å². The Hall–Kier alpha value is -1.49. The maximum Gasteiger partial charge on any atom is 0.279 e. The first-order valence-electron chi connectivity index (χ1n) is 7.02. The molecule has 2 N–H and O–H groups in total. The molecular weight excluding hydrogens is 272 g/mol. The second-order valence-electron chi connectivity index (χ2n) is 5.38. The number of thioether (sulfide) groups is 1. The molecule has 1 aliphatic carbocycles. The van der Waals surface area contributed by atoms with Crippen LogP contribution in [0.2, 0.25) is 0 Å². The fraction of sp³-hybridized carbons (Fsp3) is 0.467. The molecule has 0 radical (unpaired) electrons. The highest BCUT2D eigenvalue weighted by molar-refractivity contribution is 8.14. The van der Waals surface area contributed by atoms with E-state index in [2.05, 4.69) is 34.9 Å². The Morgan fingerprint density at radius 2 is 2.05 bits per heavy atom. The maximum atomic E-state index is 11.9. The van der Waals surface area contributed by atoms with Crippen molar-refractivity contribution in [2.75, 3.05) is 5.75 Å². The molecule has 1 aromatic rings. The molecule has 0 bridgehead atoms. The number of carbonyl (C=O) groups excluding carboxylic acids is 2. The lowest BCUT2D eigenvalue weighted by molar-refractivity contribution is -0.122. The first-order chi connectivity index (χ1) is 9.72. The first-order valence-corrected chi connectivity index (χ1v) is 8.01. The molecule has 3 rings (SSSR count). The second-order valence-corrected chi connectivity index (χ2v) is 6.38. The number of benzene rings is 1. The van der Waals surface area contributed by atoms with E-state index < -0.39 is 0 Å². The van der Waals surface area contributed by atoms with E-state index in [9.17, 15) is 9.59 Å². The Balaban J connectivity index is 1.50. The van der Waals surface area contributed by atoms with E-state index in [0.717, 1.165) is 23.2 Å². The third kappa shape index (κ3) is 2.98. The molecule has 0 unspecified atom stereocenters. The zero-order valence-electron chi connectivity index (χ0n) is 11.2. The van der Waals surface area contributed by atoms with Crippen molar-refractivity contribution < 1.29 is 9.59 Å². The van der Waals surface area contributed by atoms with Crippen LogP contribution in [0.3, 0.4) is 0 Å². The molecule has 106 valence electrons. The van der Waals surface area contributed by atoms with Gasteiger partial charge in [0.25, 0.3) is 5.24 Å². The van der Waals surface area contributed by atoms with Gasteiger partial charge in [0.2, 0.25) is 5.91 Å².